The number of hydrogen-bond donors (Lipinski definition) is 1. The van der Waals surface area contributed by atoms with E-state index in [1.807, 2.05) is 0 Å². The summed E-state index contributed by atoms with van der Waals surface area (Å²) in [5.74, 6) is -0.0654. The van der Waals surface area contributed by atoms with Crippen molar-refractivity contribution >= 4 is 5.91 Å². The van der Waals surface area contributed by atoms with Gasteiger partial charge in [0.25, 0.3) is 5.91 Å². The maximum absolute atomic E-state index is 10.9. The van der Waals surface area contributed by atoms with Gasteiger partial charge in [-0.05, 0) is 18.8 Å². The average molecular weight is 180 g/mol. The minimum absolute atomic E-state index is 0.312. The normalized spacial score (nSPS) is 17.8. The van der Waals surface area contributed by atoms with Gasteiger partial charge in [-0.15, -0.1) is 0 Å². The second-order valence-electron chi connectivity index (χ2n) is 3.46. The van der Waals surface area contributed by atoms with Crippen molar-refractivity contribution in [2.75, 3.05) is 0 Å². The van der Waals surface area contributed by atoms with Crippen molar-refractivity contribution in [3.8, 4) is 0 Å². The first-order valence-electron chi connectivity index (χ1n) is 4.53. The van der Waals surface area contributed by atoms with E-state index in [0.717, 1.165) is 18.4 Å². The Bertz CT molecular complexity index is 313. The van der Waals surface area contributed by atoms with Gasteiger partial charge in [0.05, 0.1) is 0 Å². The first-order chi connectivity index (χ1) is 6.29. The minimum Gasteiger partial charge on any atom is -0.364 e. The van der Waals surface area contributed by atoms with Crippen molar-refractivity contribution in [2.45, 2.75) is 31.6 Å². The molecule has 1 aromatic rings. The molecule has 70 valence electrons. The Labute approximate surface area is 76.1 Å². The summed E-state index contributed by atoms with van der Waals surface area (Å²) < 4.78 is 4.77. The smallest absolute Gasteiger partial charge is 0.271 e. The SMILES string of the molecule is NC(=O)c1nocc1C1CCCC1. The van der Waals surface area contributed by atoms with Crippen molar-refractivity contribution < 1.29 is 9.32 Å². The van der Waals surface area contributed by atoms with Crippen LogP contribution < -0.4 is 5.73 Å². The number of primary amides is 1. The number of carbonyl (C=O) groups excluding carboxylic acids is 1. The van der Waals surface area contributed by atoms with Gasteiger partial charge in [0.1, 0.15) is 6.26 Å². The summed E-state index contributed by atoms with van der Waals surface area (Å²) in [6, 6.07) is 0. The van der Waals surface area contributed by atoms with Crippen LogP contribution in [0, 0.1) is 0 Å². The highest BCUT2D eigenvalue weighted by molar-refractivity contribution is 5.92. The van der Waals surface area contributed by atoms with Gasteiger partial charge in [-0.25, -0.2) is 0 Å². The number of nitrogens with zero attached hydrogens (tertiary/aromatic N) is 1. The van der Waals surface area contributed by atoms with Crippen LogP contribution in [0.5, 0.6) is 0 Å². The van der Waals surface area contributed by atoms with Gasteiger partial charge in [0.15, 0.2) is 5.69 Å². The third kappa shape index (κ3) is 1.43. The fraction of sp³-hybridized carbons (Fsp3) is 0.556. The Balaban J connectivity index is 2.28. The van der Waals surface area contributed by atoms with Crippen LogP contribution in [-0.2, 0) is 0 Å². The van der Waals surface area contributed by atoms with Gasteiger partial charge in [0, 0.05) is 5.56 Å². The van der Waals surface area contributed by atoms with Gasteiger partial charge < -0.3 is 10.3 Å². The van der Waals surface area contributed by atoms with Crippen LogP contribution in [0.1, 0.15) is 47.7 Å². The van der Waals surface area contributed by atoms with Crippen molar-refractivity contribution in [1.29, 1.82) is 0 Å². The summed E-state index contributed by atoms with van der Waals surface area (Å²) in [5.41, 5.74) is 6.37. The third-order valence-corrected chi connectivity index (χ3v) is 2.63. The molecular formula is C9H12N2O2. The van der Waals surface area contributed by atoms with Gasteiger partial charge >= 0.3 is 0 Å². The van der Waals surface area contributed by atoms with Gasteiger partial charge in [-0.3, -0.25) is 4.79 Å². The molecule has 13 heavy (non-hydrogen) atoms. The summed E-state index contributed by atoms with van der Waals surface area (Å²) in [5, 5.41) is 3.61. The lowest BCUT2D eigenvalue weighted by molar-refractivity contribution is 0.0990. The zero-order valence-corrected chi connectivity index (χ0v) is 7.32. The molecule has 0 aromatic carbocycles. The Kier molecular flexibility index (Phi) is 2.04. The van der Waals surface area contributed by atoms with Crippen LogP contribution in [0.4, 0.5) is 0 Å². The van der Waals surface area contributed by atoms with E-state index in [9.17, 15) is 4.79 Å². The number of rotatable bonds is 2. The Morgan fingerprint density at radius 3 is 2.85 bits per heavy atom. The predicted octanol–water partition coefficient (Wildman–Crippen LogP) is 1.43. The summed E-state index contributed by atoms with van der Waals surface area (Å²) in [6.45, 7) is 0. The molecule has 1 heterocycles. The molecule has 1 aliphatic rings. The number of aromatic nitrogens is 1. The third-order valence-electron chi connectivity index (χ3n) is 2.63. The summed E-state index contributed by atoms with van der Waals surface area (Å²) in [4.78, 5) is 10.9. The van der Waals surface area contributed by atoms with Crippen LogP contribution in [-0.4, -0.2) is 11.1 Å². The van der Waals surface area contributed by atoms with Gasteiger partial charge in [0.2, 0.25) is 0 Å². The zero-order valence-electron chi connectivity index (χ0n) is 7.32. The molecule has 1 fully saturated rings. The molecule has 1 amide bonds. The fourth-order valence-electron chi connectivity index (χ4n) is 1.96. The molecule has 4 nitrogen and oxygen atoms in total. The summed E-state index contributed by atoms with van der Waals surface area (Å²) >= 11 is 0. The summed E-state index contributed by atoms with van der Waals surface area (Å²) in [7, 11) is 0. The topological polar surface area (TPSA) is 69.1 Å². The Morgan fingerprint density at radius 2 is 2.23 bits per heavy atom. The quantitative estimate of drug-likeness (QED) is 0.748. The van der Waals surface area contributed by atoms with Crippen LogP contribution in [0.25, 0.3) is 0 Å². The molecule has 2 N–H and O–H groups in total. The van der Waals surface area contributed by atoms with E-state index in [2.05, 4.69) is 5.16 Å². The fourth-order valence-corrected chi connectivity index (χ4v) is 1.96. The predicted molar refractivity (Wildman–Crippen MR) is 46.2 cm³/mol. The van der Waals surface area contributed by atoms with Crippen LogP contribution >= 0.6 is 0 Å². The molecule has 1 saturated carbocycles. The van der Waals surface area contributed by atoms with Crippen molar-refractivity contribution in [2.24, 2.45) is 5.73 Å². The number of nitrogens with two attached hydrogens (primary N) is 1. The molecule has 0 aliphatic heterocycles. The maximum atomic E-state index is 10.9. The monoisotopic (exact) mass is 180 g/mol. The lowest BCUT2D eigenvalue weighted by Gasteiger charge is -2.04. The van der Waals surface area contributed by atoms with E-state index in [1.54, 1.807) is 6.26 Å². The first kappa shape index (κ1) is 8.29. The second-order valence-corrected chi connectivity index (χ2v) is 3.46. The van der Waals surface area contributed by atoms with Crippen molar-refractivity contribution in [3.05, 3.63) is 17.5 Å². The largest absolute Gasteiger partial charge is 0.364 e. The molecule has 0 unspecified atom stereocenters. The van der Waals surface area contributed by atoms with Crippen molar-refractivity contribution in [3.63, 3.8) is 0 Å². The first-order valence-corrected chi connectivity index (χ1v) is 4.53. The highest BCUT2D eigenvalue weighted by Crippen LogP contribution is 2.35. The van der Waals surface area contributed by atoms with E-state index in [1.165, 1.54) is 12.8 Å². The average Bonchev–Trinajstić information content (AvgIpc) is 2.74. The molecule has 0 radical (unpaired) electrons. The second kappa shape index (κ2) is 3.20. The molecule has 0 bridgehead atoms. The van der Waals surface area contributed by atoms with E-state index >= 15 is 0 Å². The molecule has 0 saturated heterocycles. The van der Waals surface area contributed by atoms with E-state index in [4.69, 9.17) is 10.3 Å². The summed E-state index contributed by atoms with van der Waals surface area (Å²) in [6.07, 6.45) is 6.21. The molecule has 2 rings (SSSR count). The molecule has 1 aliphatic carbocycles. The highest BCUT2D eigenvalue weighted by atomic mass is 16.5. The van der Waals surface area contributed by atoms with Crippen molar-refractivity contribution in [1.82, 2.24) is 5.16 Å². The molecule has 0 spiro atoms. The van der Waals surface area contributed by atoms with E-state index < -0.39 is 5.91 Å². The number of amides is 1. The van der Waals surface area contributed by atoms with Gasteiger partial charge in [-0.1, -0.05) is 18.0 Å². The van der Waals surface area contributed by atoms with E-state index in [0.29, 0.717) is 11.6 Å². The Hall–Kier alpha value is -1.32. The van der Waals surface area contributed by atoms with Crippen LogP contribution in [0.15, 0.2) is 10.8 Å². The highest BCUT2D eigenvalue weighted by Gasteiger charge is 2.24. The molecular weight excluding hydrogens is 168 g/mol. The number of hydrogen-bond acceptors (Lipinski definition) is 3. The van der Waals surface area contributed by atoms with Crippen LogP contribution in [0.3, 0.4) is 0 Å². The van der Waals surface area contributed by atoms with Gasteiger partial charge in [-0.2, -0.15) is 0 Å². The lowest BCUT2D eigenvalue weighted by Crippen LogP contribution is -2.14. The van der Waals surface area contributed by atoms with Crippen LogP contribution in [0.2, 0.25) is 0 Å². The molecule has 1 aromatic heterocycles. The standard InChI is InChI=1S/C9H12N2O2/c10-9(12)8-7(5-13-11-8)6-3-1-2-4-6/h5-6H,1-4H2,(H2,10,12). The maximum Gasteiger partial charge on any atom is 0.271 e. The lowest BCUT2D eigenvalue weighted by atomic mass is 9.98. The zero-order chi connectivity index (χ0) is 9.26. The Morgan fingerprint density at radius 1 is 1.54 bits per heavy atom. The van der Waals surface area contributed by atoms with E-state index in [-0.39, 0.29) is 0 Å². The molecule has 0 atom stereocenters. The molecule has 4 heteroatoms. The number of carbonyl (C=O) groups is 1. The minimum atomic E-state index is -0.490.